The van der Waals surface area contributed by atoms with Gasteiger partial charge < -0.3 is 9.31 Å². The summed E-state index contributed by atoms with van der Waals surface area (Å²) in [6, 6.07) is 14.6. The van der Waals surface area contributed by atoms with Crippen LogP contribution < -0.4 is 10.2 Å². The molecule has 1 aliphatic heterocycles. The Kier molecular flexibility index (Phi) is 5.16. The maximum atomic E-state index is 11.9. The molecule has 28 heavy (non-hydrogen) atoms. The summed E-state index contributed by atoms with van der Waals surface area (Å²) >= 11 is 0. The van der Waals surface area contributed by atoms with E-state index >= 15 is 0 Å². The highest BCUT2D eigenvalue weighted by Crippen LogP contribution is 2.36. The van der Waals surface area contributed by atoms with Crippen molar-refractivity contribution in [2.75, 3.05) is 6.26 Å². The van der Waals surface area contributed by atoms with Crippen LogP contribution in [0.1, 0.15) is 38.1 Å². The Morgan fingerprint density at radius 3 is 1.71 bits per heavy atom. The van der Waals surface area contributed by atoms with Crippen molar-refractivity contribution >= 4 is 28.5 Å². The van der Waals surface area contributed by atoms with E-state index in [9.17, 15) is 13.2 Å². The van der Waals surface area contributed by atoms with Gasteiger partial charge in [0.1, 0.15) is 0 Å². The van der Waals surface area contributed by atoms with Crippen LogP contribution >= 0.6 is 0 Å². The van der Waals surface area contributed by atoms with Crippen molar-refractivity contribution < 1.29 is 22.5 Å². The Labute approximate surface area is 166 Å². The van der Waals surface area contributed by atoms with Crippen LogP contribution in [0.5, 0.6) is 0 Å². The van der Waals surface area contributed by atoms with Crippen LogP contribution in [0.4, 0.5) is 0 Å². The highest BCUT2D eigenvalue weighted by molar-refractivity contribution is 7.89. The number of carbonyl (C=O) groups is 1. The van der Waals surface area contributed by atoms with Gasteiger partial charge >= 0.3 is 7.12 Å². The molecule has 0 aromatic heterocycles. The fraction of sp³-hybridized carbons (Fsp3) is 0.350. The maximum absolute atomic E-state index is 11.9. The first-order valence-corrected chi connectivity index (χ1v) is 10.9. The zero-order valence-corrected chi connectivity index (χ0v) is 17.5. The number of amides is 1. The van der Waals surface area contributed by atoms with E-state index in [4.69, 9.17) is 9.31 Å². The van der Waals surface area contributed by atoms with Crippen LogP contribution in [-0.2, 0) is 19.3 Å². The van der Waals surface area contributed by atoms with Gasteiger partial charge in [-0.3, -0.25) is 4.79 Å². The summed E-state index contributed by atoms with van der Waals surface area (Å²) in [5, 5.41) is 0. The van der Waals surface area contributed by atoms with E-state index in [1.54, 1.807) is 24.3 Å². The van der Waals surface area contributed by atoms with E-state index in [1.165, 1.54) is 0 Å². The molecule has 1 fully saturated rings. The minimum absolute atomic E-state index is 0.281. The lowest BCUT2D eigenvalue weighted by Crippen LogP contribution is -2.41. The Balaban J connectivity index is 1.75. The molecule has 1 aliphatic rings. The van der Waals surface area contributed by atoms with Crippen LogP contribution in [0.2, 0.25) is 0 Å². The van der Waals surface area contributed by atoms with Gasteiger partial charge in [-0.15, -0.1) is 0 Å². The molecule has 1 saturated heterocycles. The van der Waals surface area contributed by atoms with Crippen molar-refractivity contribution in [1.82, 2.24) is 4.72 Å². The summed E-state index contributed by atoms with van der Waals surface area (Å²) in [4.78, 5) is 11.9. The zero-order chi connectivity index (χ0) is 20.7. The molecule has 3 rings (SSSR count). The first-order chi connectivity index (χ1) is 12.9. The number of sulfonamides is 1. The minimum atomic E-state index is -3.59. The van der Waals surface area contributed by atoms with E-state index < -0.39 is 34.3 Å². The number of rotatable bonds is 4. The zero-order valence-electron chi connectivity index (χ0n) is 16.6. The molecular formula is C20H24BNO5S. The molecule has 8 heteroatoms. The SMILES string of the molecule is CC1(C)OB(c2ccc(-c3ccc(C(=O)NS(C)(=O)=O)cc3)cc2)OC1(C)C. The summed E-state index contributed by atoms with van der Waals surface area (Å²) in [6.07, 6.45) is 0.945. The molecule has 6 nitrogen and oxygen atoms in total. The van der Waals surface area contributed by atoms with Gasteiger partial charge in [-0.1, -0.05) is 36.4 Å². The third kappa shape index (κ3) is 4.29. The molecular weight excluding hydrogens is 377 g/mol. The smallest absolute Gasteiger partial charge is 0.399 e. The first-order valence-electron chi connectivity index (χ1n) is 8.96. The Bertz CT molecular complexity index is 966. The van der Waals surface area contributed by atoms with E-state index in [1.807, 2.05) is 56.7 Å². The summed E-state index contributed by atoms with van der Waals surface area (Å²) in [7, 11) is -4.00. The Morgan fingerprint density at radius 2 is 1.29 bits per heavy atom. The summed E-state index contributed by atoms with van der Waals surface area (Å²) in [5.74, 6) is -0.648. The maximum Gasteiger partial charge on any atom is 0.494 e. The van der Waals surface area contributed by atoms with Crippen LogP contribution in [0.15, 0.2) is 48.5 Å². The molecule has 1 amide bonds. The molecule has 0 atom stereocenters. The van der Waals surface area contributed by atoms with Gasteiger partial charge in [-0.25, -0.2) is 13.1 Å². The lowest BCUT2D eigenvalue weighted by molar-refractivity contribution is 0.00578. The predicted molar refractivity (Wildman–Crippen MR) is 110 cm³/mol. The third-order valence-corrected chi connectivity index (χ3v) is 5.75. The molecule has 2 aromatic carbocycles. The van der Waals surface area contributed by atoms with Crippen LogP contribution in [0.3, 0.4) is 0 Å². The average molecular weight is 401 g/mol. The van der Waals surface area contributed by atoms with Crippen LogP contribution in [-0.4, -0.2) is 38.9 Å². The monoisotopic (exact) mass is 401 g/mol. The van der Waals surface area contributed by atoms with E-state index in [-0.39, 0.29) is 5.56 Å². The normalized spacial score (nSPS) is 18.1. The molecule has 2 aromatic rings. The molecule has 0 saturated carbocycles. The van der Waals surface area contributed by atoms with Gasteiger partial charge in [0.25, 0.3) is 5.91 Å². The lowest BCUT2D eigenvalue weighted by atomic mass is 9.78. The summed E-state index contributed by atoms with van der Waals surface area (Å²) in [5.41, 5.74) is 2.32. The van der Waals surface area contributed by atoms with E-state index in [2.05, 4.69) is 0 Å². The molecule has 1 N–H and O–H groups in total. The average Bonchev–Trinajstić information content (AvgIpc) is 2.81. The van der Waals surface area contributed by atoms with Crippen molar-refractivity contribution in [1.29, 1.82) is 0 Å². The summed E-state index contributed by atoms with van der Waals surface area (Å²) < 4.78 is 36.4. The molecule has 0 unspecified atom stereocenters. The predicted octanol–water partition coefficient (Wildman–Crippen LogP) is 2.34. The van der Waals surface area contributed by atoms with Gasteiger partial charge in [0.15, 0.2) is 0 Å². The van der Waals surface area contributed by atoms with Crippen LogP contribution in [0, 0.1) is 0 Å². The van der Waals surface area contributed by atoms with Gasteiger partial charge in [0.05, 0.1) is 17.5 Å². The Morgan fingerprint density at radius 1 is 0.857 bits per heavy atom. The number of carbonyl (C=O) groups excluding carboxylic acids is 1. The largest absolute Gasteiger partial charge is 0.494 e. The van der Waals surface area contributed by atoms with Crippen molar-refractivity contribution in [3.8, 4) is 11.1 Å². The molecule has 0 spiro atoms. The summed E-state index contributed by atoms with van der Waals surface area (Å²) in [6.45, 7) is 8.07. The van der Waals surface area contributed by atoms with Crippen molar-refractivity contribution in [3.05, 3.63) is 54.1 Å². The van der Waals surface area contributed by atoms with Crippen molar-refractivity contribution in [2.24, 2.45) is 0 Å². The molecule has 1 heterocycles. The van der Waals surface area contributed by atoms with E-state index in [0.29, 0.717) is 0 Å². The number of hydrogen-bond acceptors (Lipinski definition) is 5. The van der Waals surface area contributed by atoms with Gasteiger partial charge in [0.2, 0.25) is 10.0 Å². The number of hydrogen-bond donors (Lipinski definition) is 1. The first kappa shape index (κ1) is 20.6. The quantitative estimate of drug-likeness (QED) is 0.796. The lowest BCUT2D eigenvalue weighted by Gasteiger charge is -2.32. The second-order valence-electron chi connectivity index (χ2n) is 7.99. The van der Waals surface area contributed by atoms with E-state index in [0.717, 1.165) is 22.8 Å². The fourth-order valence-corrected chi connectivity index (χ4v) is 3.31. The fourth-order valence-electron chi connectivity index (χ4n) is 2.85. The highest BCUT2D eigenvalue weighted by atomic mass is 32.2. The molecule has 0 bridgehead atoms. The topological polar surface area (TPSA) is 81.7 Å². The second kappa shape index (κ2) is 7.02. The third-order valence-electron chi connectivity index (χ3n) is 5.19. The van der Waals surface area contributed by atoms with Crippen molar-refractivity contribution in [2.45, 2.75) is 38.9 Å². The van der Waals surface area contributed by atoms with Gasteiger partial charge in [-0.05, 0) is 56.4 Å². The number of nitrogens with one attached hydrogen (secondary N) is 1. The molecule has 0 aliphatic carbocycles. The highest BCUT2D eigenvalue weighted by Gasteiger charge is 2.51. The Hall–Kier alpha value is -2.16. The molecule has 148 valence electrons. The standard InChI is InChI=1S/C20H24BNO5S/c1-19(2)20(3,4)27-21(26-19)17-12-10-15(11-13-17)14-6-8-16(9-7-14)18(23)22-28(5,24)25/h6-13H,1-5H3,(H,22,23). The van der Waals surface area contributed by atoms with Crippen LogP contribution in [0.25, 0.3) is 11.1 Å². The second-order valence-corrected chi connectivity index (χ2v) is 9.74. The number of benzene rings is 2. The van der Waals surface area contributed by atoms with Gasteiger partial charge in [0, 0.05) is 5.56 Å². The minimum Gasteiger partial charge on any atom is -0.399 e. The van der Waals surface area contributed by atoms with Gasteiger partial charge in [-0.2, -0.15) is 0 Å². The van der Waals surface area contributed by atoms with Crippen molar-refractivity contribution in [3.63, 3.8) is 0 Å². The molecule has 0 radical (unpaired) electrons.